The number of benzene rings is 2. The monoisotopic (exact) mass is 440 g/mol. The Labute approximate surface area is 193 Å². The molecule has 0 saturated heterocycles. The Morgan fingerprint density at radius 3 is 2.55 bits per heavy atom. The minimum Gasteiger partial charge on any atom is -0.492 e. The van der Waals surface area contributed by atoms with Crippen LogP contribution < -0.4 is 10.1 Å². The van der Waals surface area contributed by atoms with E-state index in [0.717, 1.165) is 43.4 Å². The fraction of sp³-hybridized carbons (Fsp3) is 0.556. The van der Waals surface area contributed by atoms with E-state index in [4.69, 9.17) is 16.3 Å². The van der Waals surface area contributed by atoms with E-state index < -0.39 is 0 Å². The van der Waals surface area contributed by atoms with Gasteiger partial charge in [0.25, 0.3) is 0 Å². The Balaban J connectivity index is 1.53. The molecule has 1 fully saturated rings. The smallest absolute Gasteiger partial charge is 0.119 e. The fourth-order valence-corrected chi connectivity index (χ4v) is 5.52. The quantitative estimate of drug-likeness (QED) is 0.506. The average Bonchev–Trinajstić information content (AvgIpc) is 2.74. The van der Waals surface area contributed by atoms with Gasteiger partial charge in [-0.05, 0) is 93.6 Å². The van der Waals surface area contributed by atoms with E-state index in [1.807, 2.05) is 12.1 Å². The summed E-state index contributed by atoms with van der Waals surface area (Å²) in [6, 6.07) is 16.2. The van der Waals surface area contributed by atoms with Gasteiger partial charge in [-0.25, -0.2) is 0 Å². The third-order valence-corrected chi connectivity index (χ3v) is 7.53. The number of rotatable bonds is 9. The highest BCUT2D eigenvalue weighted by atomic mass is 35.5. The van der Waals surface area contributed by atoms with E-state index in [-0.39, 0.29) is 5.41 Å². The molecule has 0 radical (unpaired) electrons. The lowest BCUT2D eigenvalue weighted by atomic mass is 9.58. The van der Waals surface area contributed by atoms with Gasteiger partial charge in [0.05, 0.1) is 0 Å². The number of hydrogen-bond acceptors (Lipinski definition) is 3. The molecule has 1 aliphatic heterocycles. The number of hydrogen-bond donors (Lipinski definition) is 1. The third-order valence-electron chi connectivity index (χ3n) is 7.28. The summed E-state index contributed by atoms with van der Waals surface area (Å²) in [6.45, 7) is 10.6. The second kappa shape index (κ2) is 9.94. The van der Waals surface area contributed by atoms with Crippen LogP contribution in [0.1, 0.15) is 69.2 Å². The molecule has 0 aromatic heterocycles. The van der Waals surface area contributed by atoms with E-state index in [2.05, 4.69) is 61.3 Å². The van der Waals surface area contributed by atoms with Gasteiger partial charge in [0, 0.05) is 29.1 Å². The lowest BCUT2D eigenvalue weighted by Crippen LogP contribution is -2.49. The third kappa shape index (κ3) is 4.79. The molecule has 2 aromatic carbocycles. The summed E-state index contributed by atoms with van der Waals surface area (Å²) in [5, 5.41) is 4.68. The summed E-state index contributed by atoms with van der Waals surface area (Å²) in [4.78, 5) is 2.49. The first-order valence-corrected chi connectivity index (χ1v) is 12.4. The zero-order valence-electron chi connectivity index (χ0n) is 19.3. The lowest BCUT2D eigenvalue weighted by Gasteiger charge is -2.50. The van der Waals surface area contributed by atoms with Crippen LogP contribution in [0.25, 0.3) is 0 Å². The molecule has 3 nitrogen and oxygen atoms in total. The molecule has 0 bridgehead atoms. The molecule has 1 saturated carbocycles. The van der Waals surface area contributed by atoms with E-state index in [1.54, 1.807) is 0 Å². The van der Waals surface area contributed by atoms with Gasteiger partial charge in [-0.1, -0.05) is 43.1 Å². The Morgan fingerprint density at radius 1 is 1.13 bits per heavy atom. The van der Waals surface area contributed by atoms with Crippen LogP contribution >= 0.6 is 11.6 Å². The number of halogens is 1. The van der Waals surface area contributed by atoms with Crippen LogP contribution in [0.15, 0.2) is 42.5 Å². The van der Waals surface area contributed by atoms with Crippen LogP contribution in [-0.4, -0.2) is 37.2 Å². The van der Waals surface area contributed by atoms with Crippen molar-refractivity contribution >= 4 is 11.6 Å². The van der Waals surface area contributed by atoms with Gasteiger partial charge in [0.1, 0.15) is 12.4 Å². The van der Waals surface area contributed by atoms with Gasteiger partial charge < -0.3 is 10.1 Å². The van der Waals surface area contributed by atoms with Gasteiger partial charge in [0.2, 0.25) is 0 Å². The zero-order chi connectivity index (χ0) is 21.8. The molecule has 4 heteroatoms. The predicted molar refractivity (Wildman–Crippen MR) is 130 cm³/mol. The molecule has 2 aromatic rings. The Bertz CT molecular complexity index is 860. The summed E-state index contributed by atoms with van der Waals surface area (Å²) in [7, 11) is 0. The molecular formula is C27H37ClN2O. The number of nitrogens with zero attached hydrogens (tertiary/aromatic N) is 1. The molecule has 0 amide bonds. The van der Waals surface area contributed by atoms with Crippen molar-refractivity contribution < 1.29 is 4.74 Å². The maximum Gasteiger partial charge on any atom is 0.119 e. The second-order valence-electron chi connectivity index (χ2n) is 9.49. The van der Waals surface area contributed by atoms with Crippen molar-refractivity contribution in [3.8, 4) is 5.75 Å². The van der Waals surface area contributed by atoms with Crippen LogP contribution in [-0.2, 0) is 11.8 Å². The first kappa shape index (κ1) is 22.6. The van der Waals surface area contributed by atoms with Crippen LogP contribution in [0, 0.1) is 0 Å². The topological polar surface area (TPSA) is 24.5 Å². The van der Waals surface area contributed by atoms with Gasteiger partial charge in [0.15, 0.2) is 0 Å². The molecule has 1 atom stereocenters. The highest BCUT2D eigenvalue weighted by molar-refractivity contribution is 6.30. The number of nitrogens with one attached hydrogen (secondary N) is 1. The van der Waals surface area contributed by atoms with E-state index in [1.165, 1.54) is 42.4 Å². The Hall–Kier alpha value is -1.55. The zero-order valence-corrected chi connectivity index (χ0v) is 20.0. The Kier molecular flexibility index (Phi) is 7.26. The van der Waals surface area contributed by atoms with Gasteiger partial charge in [-0.15, -0.1) is 0 Å². The van der Waals surface area contributed by atoms with Crippen LogP contribution in [0.2, 0.25) is 5.02 Å². The van der Waals surface area contributed by atoms with Crippen molar-refractivity contribution in [2.45, 2.75) is 70.4 Å². The molecule has 4 rings (SSSR count). The summed E-state index contributed by atoms with van der Waals surface area (Å²) in [6.07, 6.45) is 5.99. The van der Waals surface area contributed by atoms with Crippen molar-refractivity contribution in [2.24, 2.45) is 0 Å². The maximum atomic E-state index is 6.25. The molecule has 1 heterocycles. The highest BCUT2D eigenvalue weighted by Crippen LogP contribution is 2.53. The first-order valence-electron chi connectivity index (χ1n) is 12.0. The highest BCUT2D eigenvalue weighted by Gasteiger charge is 2.47. The molecule has 1 unspecified atom stereocenters. The molecule has 0 spiro atoms. The SMILES string of the molecule is CCCN(CCOc1ccc2c(c1)C(C1(c3ccc(Cl)cc3)CCC1)NCC2)C(C)C. The summed E-state index contributed by atoms with van der Waals surface area (Å²) < 4.78 is 6.25. The molecule has 1 N–H and O–H groups in total. The molecule has 31 heavy (non-hydrogen) atoms. The van der Waals surface area contributed by atoms with Crippen LogP contribution in [0.4, 0.5) is 0 Å². The fourth-order valence-electron chi connectivity index (χ4n) is 5.39. The van der Waals surface area contributed by atoms with Crippen molar-refractivity contribution in [3.05, 3.63) is 64.2 Å². The lowest BCUT2D eigenvalue weighted by molar-refractivity contribution is 0.163. The van der Waals surface area contributed by atoms with Gasteiger partial charge in [-0.3, -0.25) is 4.90 Å². The van der Waals surface area contributed by atoms with Crippen LogP contribution in [0.5, 0.6) is 5.75 Å². The second-order valence-corrected chi connectivity index (χ2v) is 9.93. The van der Waals surface area contributed by atoms with Crippen molar-refractivity contribution in [1.82, 2.24) is 10.2 Å². The minimum atomic E-state index is 0.161. The van der Waals surface area contributed by atoms with E-state index >= 15 is 0 Å². The minimum absolute atomic E-state index is 0.161. The summed E-state index contributed by atoms with van der Waals surface area (Å²) in [5.41, 5.74) is 4.46. The normalized spacial score (nSPS) is 19.9. The number of fused-ring (bicyclic) bond motifs is 1. The molecule has 2 aliphatic rings. The Morgan fingerprint density at radius 2 is 1.90 bits per heavy atom. The summed E-state index contributed by atoms with van der Waals surface area (Å²) >= 11 is 6.18. The maximum absolute atomic E-state index is 6.25. The molecule has 168 valence electrons. The average molecular weight is 441 g/mol. The van der Waals surface area contributed by atoms with E-state index in [9.17, 15) is 0 Å². The standard InChI is InChI=1S/C27H37ClN2O/c1-4-16-30(20(2)3)17-18-31-24-11-6-21-12-15-29-26(25(21)19-24)27(13-5-14-27)22-7-9-23(28)10-8-22/h6-11,19-20,26,29H,4-5,12-18H2,1-3H3. The number of ether oxygens (including phenoxy) is 1. The largest absolute Gasteiger partial charge is 0.492 e. The van der Waals surface area contributed by atoms with E-state index in [0.29, 0.717) is 12.1 Å². The predicted octanol–water partition coefficient (Wildman–Crippen LogP) is 6.15. The van der Waals surface area contributed by atoms with Crippen molar-refractivity contribution in [3.63, 3.8) is 0 Å². The molecular weight excluding hydrogens is 404 g/mol. The van der Waals surface area contributed by atoms with Crippen molar-refractivity contribution in [1.29, 1.82) is 0 Å². The first-order chi connectivity index (χ1) is 15.0. The molecule has 1 aliphatic carbocycles. The van der Waals surface area contributed by atoms with Gasteiger partial charge in [-0.2, -0.15) is 0 Å². The van der Waals surface area contributed by atoms with Gasteiger partial charge >= 0.3 is 0 Å². The summed E-state index contributed by atoms with van der Waals surface area (Å²) in [5.74, 6) is 0.998. The van der Waals surface area contributed by atoms with Crippen LogP contribution in [0.3, 0.4) is 0 Å². The van der Waals surface area contributed by atoms with Crippen molar-refractivity contribution in [2.75, 3.05) is 26.2 Å².